The monoisotopic (exact) mass is 127 g/mol. The first kappa shape index (κ1) is 7.75. The zero-order valence-electron chi connectivity index (χ0n) is 4.33. The van der Waals surface area contributed by atoms with Crippen LogP contribution in [0.15, 0.2) is 0 Å². The maximum Gasteiger partial charge on any atom is 0.522 e. The molecule has 0 amide bonds. The molecule has 1 atom stereocenters. The summed E-state index contributed by atoms with van der Waals surface area (Å²) in [6.07, 6.45) is -5.57. The molecule has 0 N–H and O–H groups in total. The summed E-state index contributed by atoms with van der Waals surface area (Å²) in [4.78, 5) is 0. The van der Waals surface area contributed by atoms with E-state index >= 15 is 0 Å². The zero-order chi connectivity index (χ0) is 6.78. The molecule has 0 aromatic rings. The van der Waals surface area contributed by atoms with Crippen molar-refractivity contribution in [3.63, 3.8) is 0 Å². The lowest BCUT2D eigenvalue weighted by Gasteiger charge is -2.08. The van der Waals surface area contributed by atoms with Gasteiger partial charge < -0.3 is 0 Å². The fourth-order valence-electron chi connectivity index (χ4n) is 0.228. The van der Waals surface area contributed by atoms with E-state index in [1.54, 1.807) is 0 Å². The molecule has 0 aromatic heterocycles. The highest BCUT2D eigenvalue weighted by Crippen LogP contribution is 2.17. The predicted molar refractivity (Wildman–Crippen MR) is 22.0 cm³/mol. The summed E-state index contributed by atoms with van der Waals surface area (Å²) in [6, 6.07) is 0. The third-order valence-corrected chi connectivity index (χ3v) is 0.335. The van der Waals surface area contributed by atoms with Crippen molar-refractivity contribution >= 4 is 0 Å². The van der Waals surface area contributed by atoms with Crippen LogP contribution in [0.5, 0.6) is 0 Å². The van der Waals surface area contributed by atoms with E-state index in [-0.39, 0.29) is 0 Å². The molecule has 0 aliphatic rings. The minimum atomic E-state index is -4.54. The average Bonchev–Trinajstić information content (AvgIpc) is 1.21. The molecule has 1 unspecified atom stereocenters. The van der Waals surface area contributed by atoms with E-state index in [1.807, 2.05) is 0 Å². The van der Waals surface area contributed by atoms with Crippen LogP contribution in [0.2, 0.25) is 0 Å². The van der Waals surface area contributed by atoms with Crippen molar-refractivity contribution in [2.75, 3.05) is 0 Å². The van der Waals surface area contributed by atoms with Crippen molar-refractivity contribution in [3.8, 4) is 0 Å². The molecule has 8 heavy (non-hydrogen) atoms. The molecule has 0 saturated heterocycles. The van der Waals surface area contributed by atoms with Crippen LogP contribution in [0.4, 0.5) is 13.2 Å². The van der Waals surface area contributed by atoms with Crippen LogP contribution in [0.25, 0.3) is 0 Å². The van der Waals surface area contributed by atoms with Gasteiger partial charge in [0.25, 0.3) is 0 Å². The van der Waals surface area contributed by atoms with Gasteiger partial charge in [-0.15, -0.1) is 13.2 Å². The molecule has 0 saturated carbocycles. The van der Waals surface area contributed by atoms with E-state index in [9.17, 15) is 13.2 Å². The lowest BCUT2D eigenvalue weighted by atomic mass is 10.5. The highest BCUT2D eigenvalue weighted by atomic mass is 19.4. The van der Waals surface area contributed by atoms with Crippen LogP contribution in [0, 0.1) is 6.92 Å². The summed E-state index contributed by atoms with van der Waals surface area (Å²) in [6.45, 7) is 4.20. The largest absolute Gasteiger partial charge is 0.522 e. The molecule has 0 bridgehead atoms. The molecule has 0 spiro atoms. The van der Waals surface area contributed by atoms with Crippen molar-refractivity contribution in [3.05, 3.63) is 6.92 Å². The minimum Gasteiger partial charge on any atom is -0.289 e. The Labute approximate surface area is 45.4 Å². The van der Waals surface area contributed by atoms with Crippen LogP contribution in [0.3, 0.4) is 0 Å². The van der Waals surface area contributed by atoms with Crippen LogP contribution in [-0.2, 0) is 4.74 Å². The van der Waals surface area contributed by atoms with Gasteiger partial charge in [-0.1, -0.05) is 0 Å². The fraction of sp³-hybridized carbons (Fsp3) is 0.750. The van der Waals surface area contributed by atoms with Gasteiger partial charge in [0.05, 0.1) is 6.10 Å². The van der Waals surface area contributed by atoms with Crippen LogP contribution in [0.1, 0.15) is 6.92 Å². The van der Waals surface area contributed by atoms with Gasteiger partial charge >= 0.3 is 6.36 Å². The third kappa shape index (κ3) is 5.75. The quantitative estimate of drug-likeness (QED) is 0.521. The fourth-order valence-corrected chi connectivity index (χ4v) is 0.228. The highest BCUT2D eigenvalue weighted by Gasteiger charge is 2.30. The maximum atomic E-state index is 11.0. The third-order valence-electron chi connectivity index (χ3n) is 0.335. The molecule has 0 aliphatic heterocycles. The summed E-state index contributed by atoms with van der Waals surface area (Å²) in [5, 5.41) is 0. The summed E-state index contributed by atoms with van der Waals surface area (Å²) in [5.41, 5.74) is 0. The molecule has 1 nitrogen and oxygen atoms in total. The molecule has 4 heteroatoms. The van der Waals surface area contributed by atoms with Crippen LogP contribution in [-0.4, -0.2) is 12.5 Å². The number of rotatable bonds is 1. The van der Waals surface area contributed by atoms with Crippen molar-refractivity contribution in [2.24, 2.45) is 0 Å². The normalized spacial score (nSPS) is 12.8. The van der Waals surface area contributed by atoms with Crippen molar-refractivity contribution < 1.29 is 17.9 Å². The van der Waals surface area contributed by atoms with Crippen molar-refractivity contribution in [2.45, 2.75) is 19.4 Å². The Bertz CT molecular complexity index is 66.2. The topological polar surface area (TPSA) is 9.23 Å². The standard InChI is InChI=1S/C4H6F3O/c1-3(2)8-4(5,6)7/h3H,1H2,2H3. The summed E-state index contributed by atoms with van der Waals surface area (Å²) in [5.74, 6) is 0. The number of ether oxygens (including phenoxy) is 1. The zero-order valence-corrected chi connectivity index (χ0v) is 4.33. The Balaban J connectivity index is 3.39. The molecule has 1 radical (unpaired) electrons. The summed E-state index contributed by atoms with van der Waals surface area (Å²) >= 11 is 0. The first-order valence-corrected chi connectivity index (χ1v) is 1.99. The number of hydrogen-bond acceptors (Lipinski definition) is 1. The summed E-state index contributed by atoms with van der Waals surface area (Å²) in [7, 11) is 0. The van der Waals surface area contributed by atoms with E-state index in [4.69, 9.17) is 0 Å². The van der Waals surface area contributed by atoms with Gasteiger partial charge in [0.15, 0.2) is 0 Å². The molecule has 0 heterocycles. The summed E-state index contributed by atoms with van der Waals surface area (Å²) < 4.78 is 36.5. The molecular formula is C4H6F3O. The highest BCUT2D eigenvalue weighted by molar-refractivity contribution is 4.49. The first-order chi connectivity index (χ1) is 3.42. The van der Waals surface area contributed by atoms with E-state index in [0.717, 1.165) is 0 Å². The van der Waals surface area contributed by atoms with Gasteiger partial charge in [-0.05, 0) is 13.8 Å². The number of alkyl halides is 3. The van der Waals surface area contributed by atoms with Crippen molar-refractivity contribution in [1.29, 1.82) is 0 Å². The molecule has 49 valence electrons. The maximum absolute atomic E-state index is 11.0. The molecule has 0 aliphatic carbocycles. The predicted octanol–water partition coefficient (Wildman–Crippen LogP) is 1.75. The Morgan fingerprint density at radius 1 is 1.50 bits per heavy atom. The Kier molecular flexibility index (Phi) is 2.27. The van der Waals surface area contributed by atoms with Gasteiger partial charge in [-0.25, -0.2) is 0 Å². The van der Waals surface area contributed by atoms with E-state index in [1.165, 1.54) is 6.92 Å². The lowest BCUT2D eigenvalue weighted by Crippen LogP contribution is -2.18. The second-order valence-electron chi connectivity index (χ2n) is 1.37. The van der Waals surface area contributed by atoms with E-state index in [2.05, 4.69) is 11.7 Å². The van der Waals surface area contributed by atoms with Gasteiger partial charge in [0, 0.05) is 0 Å². The second-order valence-corrected chi connectivity index (χ2v) is 1.37. The second kappa shape index (κ2) is 2.35. The Morgan fingerprint density at radius 3 is 1.88 bits per heavy atom. The Hall–Kier alpha value is -0.250. The molecule has 0 fully saturated rings. The average molecular weight is 127 g/mol. The molecule has 0 rings (SSSR count). The van der Waals surface area contributed by atoms with Gasteiger partial charge in [0.2, 0.25) is 0 Å². The minimum absolute atomic E-state index is 1.03. The number of hydrogen-bond donors (Lipinski definition) is 0. The van der Waals surface area contributed by atoms with Crippen LogP contribution < -0.4 is 0 Å². The smallest absolute Gasteiger partial charge is 0.289 e. The van der Waals surface area contributed by atoms with Gasteiger partial charge in [0.1, 0.15) is 0 Å². The van der Waals surface area contributed by atoms with E-state index < -0.39 is 12.5 Å². The molecular weight excluding hydrogens is 121 g/mol. The van der Waals surface area contributed by atoms with Crippen LogP contribution >= 0.6 is 0 Å². The van der Waals surface area contributed by atoms with Crippen molar-refractivity contribution in [1.82, 2.24) is 0 Å². The van der Waals surface area contributed by atoms with E-state index in [0.29, 0.717) is 0 Å². The SMILES string of the molecule is [CH2]C(C)OC(F)(F)F. The number of halogens is 3. The molecule has 0 aromatic carbocycles. The lowest BCUT2D eigenvalue weighted by molar-refractivity contribution is -0.334. The Morgan fingerprint density at radius 2 is 1.88 bits per heavy atom. The first-order valence-electron chi connectivity index (χ1n) is 1.99. The van der Waals surface area contributed by atoms with Gasteiger partial charge in [-0.2, -0.15) is 0 Å². The van der Waals surface area contributed by atoms with Gasteiger partial charge in [-0.3, -0.25) is 4.74 Å².